The minimum atomic E-state index is -0.920. The predicted molar refractivity (Wildman–Crippen MR) is 81.7 cm³/mol. The van der Waals surface area contributed by atoms with E-state index in [2.05, 4.69) is 25.9 Å². The van der Waals surface area contributed by atoms with Gasteiger partial charge < -0.3 is 5.11 Å². The van der Waals surface area contributed by atoms with Gasteiger partial charge in [-0.2, -0.15) is 5.10 Å². The lowest BCUT2D eigenvalue weighted by Gasteiger charge is -2.16. The molecule has 0 aromatic carbocycles. The number of thiophene rings is 1. The van der Waals surface area contributed by atoms with Crippen molar-refractivity contribution in [3.8, 4) is 0 Å². The SMILES string of the molecule is Cn1cc(/C=C(/C(=O)O)c2cccs2)c(C(C)(C)C)n1. The zero-order chi connectivity index (χ0) is 14.9. The topological polar surface area (TPSA) is 55.1 Å². The molecule has 1 N–H and O–H groups in total. The van der Waals surface area contributed by atoms with E-state index in [1.54, 1.807) is 10.8 Å². The zero-order valence-corrected chi connectivity index (χ0v) is 12.9. The smallest absolute Gasteiger partial charge is 0.337 e. The second kappa shape index (κ2) is 5.25. The van der Waals surface area contributed by atoms with Crippen LogP contribution in [0.5, 0.6) is 0 Å². The molecule has 0 atom stereocenters. The summed E-state index contributed by atoms with van der Waals surface area (Å²) in [6, 6.07) is 3.67. The van der Waals surface area contributed by atoms with Crippen LogP contribution in [0.2, 0.25) is 0 Å². The summed E-state index contributed by atoms with van der Waals surface area (Å²) >= 11 is 1.42. The molecule has 0 bridgehead atoms. The summed E-state index contributed by atoms with van der Waals surface area (Å²) in [6.07, 6.45) is 3.57. The molecule has 0 amide bonds. The van der Waals surface area contributed by atoms with Gasteiger partial charge in [0.05, 0.1) is 11.3 Å². The van der Waals surface area contributed by atoms with Gasteiger partial charge in [0.1, 0.15) is 0 Å². The van der Waals surface area contributed by atoms with Crippen molar-refractivity contribution in [1.82, 2.24) is 9.78 Å². The maximum absolute atomic E-state index is 11.5. The number of aliphatic carboxylic acids is 1. The Balaban J connectivity index is 2.56. The molecule has 0 radical (unpaired) electrons. The van der Waals surface area contributed by atoms with Crippen molar-refractivity contribution in [3.63, 3.8) is 0 Å². The summed E-state index contributed by atoms with van der Waals surface area (Å²) in [5.41, 5.74) is 1.92. The summed E-state index contributed by atoms with van der Waals surface area (Å²) < 4.78 is 1.72. The average molecular weight is 290 g/mol. The largest absolute Gasteiger partial charge is 0.478 e. The van der Waals surface area contributed by atoms with Crippen LogP contribution in [0, 0.1) is 0 Å². The fourth-order valence-electron chi connectivity index (χ4n) is 2.02. The number of hydrogen-bond donors (Lipinski definition) is 1. The van der Waals surface area contributed by atoms with Crippen LogP contribution in [-0.2, 0) is 17.3 Å². The van der Waals surface area contributed by atoms with E-state index in [1.165, 1.54) is 11.3 Å². The van der Waals surface area contributed by atoms with Gasteiger partial charge >= 0.3 is 5.97 Å². The molecule has 0 unspecified atom stereocenters. The number of aryl methyl sites for hydroxylation is 1. The summed E-state index contributed by atoms with van der Waals surface area (Å²) in [5.74, 6) is -0.920. The molecule has 5 heteroatoms. The van der Waals surface area contributed by atoms with Crippen molar-refractivity contribution in [2.24, 2.45) is 7.05 Å². The van der Waals surface area contributed by atoms with E-state index in [9.17, 15) is 9.90 Å². The summed E-state index contributed by atoms with van der Waals surface area (Å²) in [6.45, 7) is 6.20. The van der Waals surface area contributed by atoms with Crippen molar-refractivity contribution >= 4 is 29.0 Å². The van der Waals surface area contributed by atoms with Crippen molar-refractivity contribution < 1.29 is 9.90 Å². The van der Waals surface area contributed by atoms with Gasteiger partial charge in [0.25, 0.3) is 0 Å². The van der Waals surface area contributed by atoms with E-state index in [0.29, 0.717) is 5.57 Å². The minimum absolute atomic E-state index is 0.133. The van der Waals surface area contributed by atoms with Gasteiger partial charge in [-0.1, -0.05) is 26.8 Å². The third-order valence-electron chi connectivity index (χ3n) is 2.88. The number of rotatable bonds is 3. The Morgan fingerprint density at radius 2 is 2.15 bits per heavy atom. The van der Waals surface area contributed by atoms with E-state index in [0.717, 1.165) is 16.1 Å². The Bertz CT molecular complexity index is 646. The van der Waals surface area contributed by atoms with Gasteiger partial charge in [-0.15, -0.1) is 11.3 Å². The van der Waals surface area contributed by atoms with Gasteiger partial charge in [-0.3, -0.25) is 4.68 Å². The van der Waals surface area contributed by atoms with Crippen LogP contribution in [0.3, 0.4) is 0 Å². The average Bonchev–Trinajstić information content (AvgIpc) is 2.93. The highest BCUT2D eigenvalue weighted by atomic mass is 32.1. The molecule has 2 aromatic rings. The van der Waals surface area contributed by atoms with Crippen LogP contribution in [0.15, 0.2) is 23.7 Å². The third-order valence-corrected chi connectivity index (χ3v) is 3.79. The molecule has 0 saturated carbocycles. The number of carboxylic acid groups (broad SMARTS) is 1. The number of hydrogen-bond acceptors (Lipinski definition) is 3. The van der Waals surface area contributed by atoms with Gasteiger partial charge in [0.2, 0.25) is 0 Å². The highest BCUT2D eigenvalue weighted by Crippen LogP contribution is 2.29. The Hall–Kier alpha value is -1.88. The molecule has 0 fully saturated rings. The molecule has 106 valence electrons. The Kier molecular flexibility index (Phi) is 3.81. The minimum Gasteiger partial charge on any atom is -0.478 e. The maximum atomic E-state index is 11.5. The standard InChI is InChI=1S/C15H18N2O2S/c1-15(2,3)13-10(9-17(4)16-13)8-11(14(18)19)12-6-5-7-20-12/h5-9H,1-4H3,(H,18,19)/b11-8+. The molecule has 0 aliphatic rings. The summed E-state index contributed by atoms with van der Waals surface area (Å²) in [4.78, 5) is 12.2. The lowest BCUT2D eigenvalue weighted by Crippen LogP contribution is -2.14. The molecule has 0 saturated heterocycles. The molecule has 2 aromatic heterocycles. The van der Waals surface area contributed by atoms with Crippen molar-refractivity contribution in [2.45, 2.75) is 26.2 Å². The van der Waals surface area contributed by atoms with E-state index in [-0.39, 0.29) is 5.41 Å². The molecule has 2 rings (SSSR count). The van der Waals surface area contributed by atoms with Crippen LogP contribution >= 0.6 is 11.3 Å². The highest BCUT2D eigenvalue weighted by molar-refractivity contribution is 7.11. The Morgan fingerprint density at radius 3 is 2.65 bits per heavy atom. The monoisotopic (exact) mass is 290 g/mol. The number of aromatic nitrogens is 2. The van der Waals surface area contributed by atoms with Crippen molar-refractivity contribution in [3.05, 3.63) is 39.8 Å². The molecular formula is C15H18N2O2S. The quantitative estimate of drug-likeness (QED) is 0.881. The number of carboxylic acids is 1. The number of carbonyl (C=O) groups is 1. The second-order valence-electron chi connectivity index (χ2n) is 5.70. The lowest BCUT2D eigenvalue weighted by atomic mass is 9.89. The zero-order valence-electron chi connectivity index (χ0n) is 12.0. The Morgan fingerprint density at radius 1 is 1.45 bits per heavy atom. The van der Waals surface area contributed by atoms with E-state index in [4.69, 9.17) is 0 Å². The highest BCUT2D eigenvalue weighted by Gasteiger charge is 2.22. The van der Waals surface area contributed by atoms with E-state index >= 15 is 0 Å². The van der Waals surface area contributed by atoms with E-state index in [1.807, 2.05) is 30.8 Å². The first-order valence-electron chi connectivity index (χ1n) is 6.32. The molecular weight excluding hydrogens is 272 g/mol. The molecule has 0 aliphatic heterocycles. The molecule has 2 heterocycles. The third kappa shape index (κ3) is 2.99. The lowest BCUT2D eigenvalue weighted by molar-refractivity contribution is -0.130. The van der Waals surface area contributed by atoms with Crippen LogP contribution in [0.4, 0.5) is 0 Å². The molecule has 4 nitrogen and oxygen atoms in total. The summed E-state index contributed by atoms with van der Waals surface area (Å²) in [5, 5.41) is 15.8. The van der Waals surface area contributed by atoms with Gasteiger partial charge in [-0.05, 0) is 17.5 Å². The normalized spacial score (nSPS) is 12.7. The first kappa shape index (κ1) is 14.5. The van der Waals surface area contributed by atoms with Crippen LogP contribution < -0.4 is 0 Å². The van der Waals surface area contributed by atoms with Crippen molar-refractivity contribution in [1.29, 1.82) is 0 Å². The molecule has 0 aliphatic carbocycles. The van der Waals surface area contributed by atoms with E-state index < -0.39 is 5.97 Å². The maximum Gasteiger partial charge on any atom is 0.337 e. The predicted octanol–water partition coefficient (Wildman–Crippen LogP) is 3.40. The number of nitrogens with zero attached hydrogens (tertiary/aromatic N) is 2. The van der Waals surface area contributed by atoms with Crippen LogP contribution in [0.25, 0.3) is 11.6 Å². The van der Waals surface area contributed by atoms with Gasteiger partial charge in [0, 0.05) is 29.1 Å². The second-order valence-corrected chi connectivity index (χ2v) is 6.64. The van der Waals surface area contributed by atoms with Crippen molar-refractivity contribution in [2.75, 3.05) is 0 Å². The van der Waals surface area contributed by atoms with Gasteiger partial charge in [0.15, 0.2) is 0 Å². The van der Waals surface area contributed by atoms with Crippen LogP contribution in [0.1, 0.15) is 36.9 Å². The molecule has 20 heavy (non-hydrogen) atoms. The fourth-order valence-corrected chi connectivity index (χ4v) is 2.76. The van der Waals surface area contributed by atoms with Crippen LogP contribution in [-0.4, -0.2) is 20.9 Å². The Labute approximate surface area is 122 Å². The summed E-state index contributed by atoms with van der Waals surface area (Å²) in [7, 11) is 1.85. The van der Waals surface area contributed by atoms with Gasteiger partial charge in [-0.25, -0.2) is 4.79 Å². The first-order valence-corrected chi connectivity index (χ1v) is 7.20. The first-order chi connectivity index (χ1) is 9.29. The fraction of sp³-hybridized carbons (Fsp3) is 0.333. The molecule has 0 spiro atoms.